The highest BCUT2D eigenvalue weighted by atomic mass is 35.5. The van der Waals surface area contributed by atoms with E-state index < -0.39 is 0 Å². The molecule has 1 rings (SSSR count). The molecule has 0 spiro atoms. The second kappa shape index (κ2) is 9.03. The number of nitrogens with one attached hydrogen (secondary N) is 1. The molecule has 0 aliphatic carbocycles. The second-order valence-electron chi connectivity index (χ2n) is 3.82. The molecular weight excluding hydrogens is 254 g/mol. The molecule has 0 saturated heterocycles. The van der Waals surface area contributed by atoms with Crippen LogP contribution in [0.4, 0.5) is 0 Å². The van der Waals surface area contributed by atoms with Crippen molar-refractivity contribution in [3.05, 3.63) is 23.8 Å². The maximum atomic E-state index is 9.11. The Kier molecular flexibility index (Phi) is 8.54. The van der Waals surface area contributed by atoms with Gasteiger partial charge in [0.1, 0.15) is 0 Å². The van der Waals surface area contributed by atoms with E-state index in [1.165, 1.54) is 0 Å². The monoisotopic (exact) mass is 275 g/mol. The van der Waals surface area contributed by atoms with Crippen molar-refractivity contribution in [3.63, 3.8) is 0 Å². The lowest BCUT2D eigenvalue weighted by molar-refractivity contribution is 0.237. The number of ether oxygens (including phenoxy) is 2. The van der Waals surface area contributed by atoms with Crippen LogP contribution in [0.25, 0.3) is 0 Å². The lowest BCUT2D eigenvalue weighted by Gasteiger charge is -2.17. The summed E-state index contributed by atoms with van der Waals surface area (Å²) in [6, 6.07) is 5.90. The van der Waals surface area contributed by atoms with Gasteiger partial charge in [0.25, 0.3) is 0 Å². The van der Waals surface area contributed by atoms with Crippen LogP contribution in [0, 0.1) is 0 Å². The van der Waals surface area contributed by atoms with Gasteiger partial charge >= 0.3 is 0 Å². The molecular formula is C13H22ClNO3. The second-order valence-corrected chi connectivity index (χ2v) is 3.82. The van der Waals surface area contributed by atoms with Crippen LogP contribution >= 0.6 is 12.4 Å². The fraction of sp³-hybridized carbons (Fsp3) is 0.538. The van der Waals surface area contributed by atoms with Gasteiger partial charge in [0.2, 0.25) is 0 Å². The Morgan fingerprint density at radius 1 is 1.28 bits per heavy atom. The van der Waals surface area contributed by atoms with Crippen molar-refractivity contribution >= 4 is 12.4 Å². The van der Waals surface area contributed by atoms with Crippen molar-refractivity contribution in [2.24, 2.45) is 0 Å². The maximum absolute atomic E-state index is 9.11. The normalized spacial score (nSPS) is 11.6. The highest BCUT2D eigenvalue weighted by Gasteiger charge is 2.10. The van der Waals surface area contributed by atoms with Gasteiger partial charge < -0.3 is 19.9 Å². The van der Waals surface area contributed by atoms with Crippen molar-refractivity contribution in [3.8, 4) is 11.5 Å². The van der Waals surface area contributed by atoms with Crippen LogP contribution in [0.5, 0.6) is 11.5 Å². The van der Waals surface area contributed by atoms with Gasteiger partial charge in [-0.2, -0.15) is 0 Å². The molecule has 5 heteroatoms. The largest absolute Gasteiger partial charge is 0.493 e. The van der Waals surface area contributed by atoms with E-state index in [2.05, 4.69) is 5.32 Å². The quantitative estimate of drug-likeness (QED) is 0.799. The lowest BCUT2D eigenvalue weighted by atomic mass is 10.1. The van der Waals surface area contributed by atoms with Crippen LogP contribution in [0.2, 0.25) is 0 Å². The first kappa shape index (κ1) is 17.0. The molecule has 2 N–H and O–H groups in total. The SMILES string of the molecule is CCC(CO)NCc1cccc(OC)c1OC.Cl. The van der Waals surface area contributed by atoms with E-state index in [1.807, 2.05) is 25.1 Å². The van der Waals surface area contributed by atoms with Crippen molar-refractivity contribution in [1.82, 2.24) is 5.32 Å². The standard InChI is InChI=1S/C13H21NO3.ClH/c1-4-11(9-15)14-8-10-6-5-7-12(16-2)13(10)17-3;/h5-7,11,14-15H,4,8-9H2,1-3H3;1H. The van der Waals surface area contributed by atoms with E-state index in [4.69, 9.17) is 14.6 Å². The Morgan fingerprint density at radius 3 is 2.50 bits per heavy atom. The number of aliphatic hydroxyl groups excluding tert-OH is 1. The Balaban J connectivity index is 0.00000289. The fourth-order valence-corrected chi connectivity index (χ4v) is 1.69. The van der Waals surface area contributed by atoms with E-state index >= 15 is 0 Å². The van der Waals surface area contributed by atoms with Gasteiger partial charge in [-0.3, -0.25) is 0 Å². The molecule has 0 aliphatic rings. The summed E-state index contributed by atoms with van der Waals surface area (Å²) in [4.78, 5) is 0. The zero-order valence-corrected chi connectivity index (χ0v) is 11.9. The van der Waals surface area contributed by atoms with Crippen molar-refractivity contribution < 1.29 is 14.6 Å². The van der Waals surface area contributed by atoms with Crippen LogP contribution < -0.4 is 14.8 Å². The molecule has 18 heavy (non-hydrogen) atoms. The third-order valence-corrected chi connectivity index (χ3v) is 2.78. The molecule has 0 saturated carbocycles. The zero-order valence-electron chi connectivity index (χ0n) is 11.1. The molecule has 1 atom stereocenters. The van der Waals surface area contributed by atoms with Crippen LogP contribution in [-0.4, -0.2) is 32.0 Å². The minimum atomic E-state index is 0. The van der Waals surface area contributed by atoms with E-state index in [9.17, 15) is 0 Å². The predicted molar refractivity (Wildman–Crippen MR) is 74.8 cm³/mol. The molecule has 4 nitrogen and oxygen atoms in total. The Bertz CT molecular complexity index is 343. The maximum Gasteiger partial charge on any atom is 0.165 e. The third-order valence-electron chi connectivity index (χ3n) is 2.78. The number of hydrogen-bond donors (Lipinski definition) is 2. The van der Waals surface area contributed by atoms with E-state index in [0.29, 0.717) is 6.54 Å². The van der Waals surface area contributed by atoms with E-state index in [-0.39, 0.29) is 25.1 Å². The van der Waals surface area contributed by atoms with Gasteiger partial charge in [0.15, 0.2) is 11.5 Å². The Hall–Kier alpha value is -0.970. The van der Waals surface area contributed by atoms with Crippen LogP contribution in [0.1, 0.15) is 18.9 Å². The van der Waals surface area contributed by atoms with Crippen molar-refractivity contribution in [2.45, 2.75) is 25.9 Å². The minimum absolute atomic E-state index is 0. The zero-order chi connectivity index (χ0) is 12.7. The topological polar surface area (TPSA) is 50.7 Å². The molecule has 1 aromatic carbocycles. The number of halogens is 1. The number of methoxy groups -OCH3 is 2. The van der Waals surface area contributed by atoms with Gasteiger partial charge in [-0.05, 0) is 12.5 Å². The van der Waals surface area contributed by atoms with Crippen molar-refractivity contribution in [2.75, 3.05) is 20.8 Å². The third kappa shape index (κ3) is 4.37. The van der Waals surface area contributed by atoms with Gasteiger partial charge in [-0.25, -0.2) is 0 Å². The fourth-order valence-electron chi connectivity index (χ4n) is 1.69. The number of para-hydroxylation sites is 1. The first-order valence-electron chi connectivity index (χ1n) is 5.80. The van der Waals surface area contributed by atoms with Crippen LogP contribution in [0.3, 0.4) is 0 Å². The number of aliphatic hydroxyl groups is 1. The first-order chi connectivity index (χ1) is 8.26. The average molecular weight is 276 g/mol. The van der Waals surface area contributed by atoms with Gasteiger partial charge in [-0.15, -0.1) is 12.4 Å². The number of benzene rings is 1. The highest BCUT2D eigenvalue weighted by molar-refractivity contribution is 5.85. The van der Waals surface area contributed by atoms with Crippen molar-refractivity contribution in [1.29, 1.82) is 0 Å². The van der Waals surface area contributed by atoms with Crippen LogP contribution in [0.15, 0.2) is 18.2 Å². The molecule has 0 bridgehead atoms. The summed E-state index contributed by atoms with van der Waals surface area (Å²) in [5.74, 6) is 1.47. The number of hydrogen-bond acceptors (Lipinski definition) is 4. The predicted octanol–water partition coefficient (Wildman–Crippen LogP) is 1.99. The lowest BCUT2D eigenvalue weighted by Crippen LogP contribution is -2.31. The van der Waals surface area contributed by atoms with Gasteiger partial charge in [0, 0.05) is 18.2 Å². The van der Waals surface area contributed by atoms with Crippen LogP contribution in [-0.2, 0) is 6.54 Å². The summed E-state index contributed by atoms with van der Waals surface area (Å²) in [6.07, 6.45) is 0.892. The molecule has 0 heterocycles. The summed E-state index contributed by atoms with van der Waals surface area (Å²) in [5.41, 5.74) is 1.03. The molecule has 1 unspecified atom stereocenters. The summed E-state index contributed by atoms with van der Waals surface area (Å²) in [6.45, 7) is 2.83. The molecule has 1 aromatic rings. The Morgan fingerprint density at radius 2 is 2.00 bits per heavy atom. The molecule has 0 fully saturated rings. The summed E-state index contributed by atoms with van der Waals surface area (Å²) < 4.78 is 10.6. The van der Waals surface area contributed by atoms with E-state index in [0.717, 1.165) is 23.5 Å². The van der Waals surface area contributed by atoms with Gasteiger partial charge in [-0.1, -0.05) is 19.1 Å². The smallest absolute Gasteiger partial charge is 0.165 e. The molecule has 104 valence electrons. The summed E-state index contributed by atoms with van der Waals surface area (Å²) >= 11 is 0. The molecule has 0 aliphatic heterocycles. The average Bonchev–Trinajstić information content (AvgIpc) is 2.39. The summed E-state index contributed by atoms with van der Waals surface area (Å²) in [5, 5.41) is 12.4. The Labute approximate surface area is 115 Å². The highest BCUT2D eigenvalue weighted by Crippen LogP contribution is 2.30. The molecule has 0 radical (unpaired) electrons. The summed E-state index contributed by atoms with van der Waals surface area (Å²) in [7, 11) is 3.25. The molecule has 0 aromatic heterocycles. The number of rotatable bonds is 7. The molecule has 0 amide bonds. The van der Waals surface area contributed by atoms with E-state index in [1.54, 1.807) is 14.2 Å². The first-order valence-corrected chi connectivity index (χ1v) is 5.80. The minimum Gasteiger partial charge on any atom is -0.493 e. The van der Waals surface area contributed by atoms with Gasteiger partial charge in [0.05, 0.1) is 20.8 Å².